The van der Waals surface area contributed by atoms with Crippen LogP contribution < -0.4 is 5.43 Å². The molecule has 2 aromatic carbocycles. The first-order valence-electron chi connectivity index (χ1n) is 7.50. The lowest BCUT2D eigenvalue weighted by Crippen LogP contribution is -2.05. The standard InChI is InChI=1S/C19H14F3N3/c20-19(21,22)17-10-11-18(23-13-17)25-24-12-14-6-8-16(9-7-14)15-4-2-1-3-5-15/h1-13H,(H,23,25)/b24-12-. The van der Waals surface area contributed by atoms with Gasteiger partial charge in [0.2, 0.25) is 0 Å². The third-order valence-corrected chi connectivity index (χ3v) is 3.50. The average molecular weight is 341 g/mol. The summed E-state index contributed by atoms with van der Waals surface area (Å²) in [6.45, 7) is 0. The number of hydrazone groups is 1. The molecule has 0 atom stereocenters. The molecule has 3 aromatic rings. The first kappa shape index (κ1) is 16.7. The Labute approximate surface area is 142 Å². The second kappa shape index (κ2) is 7.17. The van der Waals surface area contributed by atoms with Crippen LogP contribution in [0.1, 0.15) is 11.1 Å². The predicted molar refractivity (Wildman–Crippen MR) is 92.3 cm³/mol. The lowest BCUT2D eigenvalue weighted by Gasteiger charge is -2.06. The highest BCUT2D eigenvalue weighted by Crippen LogP contribution is 2.28. The number of benzene rings is 2. The molecule has 0 amide bonds. The lowest BCUT2D eigenvalue weighted by atomic mass is 10.0. The van der Waals surface area contributed by atoms with Crippen molar-refractivity contribution >= 4 is 12.0 Å². The molecule has 0 bridgehead atoms. The minimum Gasteiger partial charge on any atom is -0.261 e. The third-order valence-electron chi connectivity index (χ3n) is 3.50. The van der Waals surface area contributed by atoms with E-state index >= 15 is 0 Å². The summed E-state index contributed by atoms with van der Waals surface area (Å²) in [5.74, 6) is 0.241. The number of aromatic nitrogens is 1. The molecule has 0 spiro atoms. The second-order valence-electron chi connectivity index (χ2n) is 5.29. The zero-order valence-corrected chi connectivity index (χ0v) is 13.0. The van der Waals surface area contributed by atoms with Crippen molar-refractivity contribution in [2.45, 2.75) is 6.18 Å². The number of halogens is 3. The molecule has 0 radical (unpaired) electrons. The Balaban J connectivity index is 1.63. The van der Waals surface area contributed by atoms with E-state index in [1.165, 1.54) is 6.07 Å². The zero-order valence-electron chi connectivity index (χ0n) is 13.0. The van der Waals surface area contributed by atoms with Crippen LogP contribution in [0.5, 0.6) is 0 Å². The monoisotopic (exact) mass is 341 g/mol. The fourth-order valence-electron chi connectivity index (χ4n) is 2.19. The van der Waals surface area contributed by atoms with Crippen LogP contribution in [0.25, 0.3) is 11.1 Å². The molecule has 1 N–H and O–H groups in total. The van der Waals surface area contributed by atoms with Crippen LogP contribution in [0.3, 0.4) is 0 Å². The maximum atomic E-state index is 12.5. The molecule has 0 fully saturated rings. The Morgan fingerprint density at radius 1 is 0.840 bits per heavy atom. The second-order valence-corrected chi connectivity index (χ2v) is 5.29. The normalized spacial score (nSPS) is 11.6. The molecule has 0 aliphatic heterocycles. The van der Waals surface area contributed by atoms with Crippen molar-refractivity contribution in [2.24, 2.45) is 5.10 Å². The van der Waals surface area contributed by atoms with Crippen LogP contribution in [-0.2, 0) is 6.18 Å². The summed E-state index contributed by atoms with van der Waals surface area (Å²) in [5, 5.41) is 3.99. The molecule has 1 heterocycles. The first-order chi connectivity index (χ1) is 12.0. The van der Waals surface area contributed by atoms with E-state index in [9.17, 15) is 13.2 Å². The highest BCUT2D eigenvalue weighted by molar-refractivity contribution is 5.81. The molecule has 0 unspecified atom stereocenters. The maximum absolute atomic E-state index is 12.5. The summed E-state index contributed by atoms with van der Waals surface area (Å²) >= 11 is 0. The molecule has 0 aliphatic carbocycles. The minimum atomic E-state index is -4.39. The van der Waals surface area contributed by atoms with Crippen LogP contribution in [0.2, 0.25) is 0 Å². The number of rotatable bonds is 4. The smallest absolute Gasteiger partial charge is 0.261 e. The molecule has 6 heteroatoms. The Hall–Kier alpha value is -3.15. The molecule has 3 nitrogen and oxygen atoms in total. The summed E-state index contributed by atoms with van der Waals surface area (Å²) in [5.41, 5.74) is 4.89. The quantitative estimate of drug-likeness (QED) is 0.522. The third kappa shape index (κ3) is 4.44. The summed E-state index contributed by atoms with van der Waals surface area (Å²) < 4.78 is 37.4. The summed E-state index contributed by atoms with van der Waals surface area (Å²) in [4.78, 5) is 3.69. The highest BCUT2D eigenvalue weighted by atomic mass is 19.4. The Morgan fingerprint density at radius 3 is 2.12 bits per heavy atom. The van der Waals surface area contributed by atoms with Gasteiger partial charge in [-0.2, -0.15) is 18.3 Å². The fraction of sp³-hybridized carbons (Fsp3) is 0.0526. The largest absolute Gasteiger partial charge is 0.417 e. The summed E-state index contributed by atoms with van der Waals surface area (Å²) in [6.07, 6.45) is -2.05. The number of nitrogens with one attached hydrogen (secondary N) is 1. The van der Waals surface area contributed by atoms with Gasteiger partial charge in [0, 0.05) is 6.20 Å². The van der Waals surface area contributed by atoms with Gasteiger partial charge < -0.3 is 0 Å². The average Bonchev–Trinajstić information content (AvgIpc) is 2.63. The van der Waals surface area contributed by atoms with Gasteiger partial charge in [-0.1, -0.05) is 54.6 Å². The molecular formula is C19H14F3N3. The fourth-order valence-corrected chi connectivity index (χ4v) is 2.19. The molecule has 1 aromatic heterocycles. The van der Waals surface area contributed by atoms with Crippen molar-refractivity contribution in [3.8, 4) is 11.1 Å². The van der Waals surface area contributed by atoms with E-state index in [-0.39, 0.29) is 5.82 Å². The lowest BCUT2D eigenvalue weighted by molar-refractivity contribution is -0.137. The molecule has 3 rings (SSSR count). The van der Waals surface area contributed by atoms with Crippen molar-refractivity contribution in [2.75, 3.05) is 5.43 Å². The Kier molecular flexibility index (Phi) is 4.79. The number of alkyl halides is 3. The van der Waals surface area contributed by atoms with E-state index < -0.39 is 11.7 Å². The van der Waals surface area contributed by atoms with E-state index in [2.05, 4.69) is 15.5 Å². The van der Waals surface area contributed by atoms with Gasteiger partial charge in [-0.05, 0) is 28.8 Å². The van der Waals surface area contributed by atoms with Gasteiger partial charge in [0.05, 0.1) is 11.8 Å². The molecule has 25 heavy (non-hydrogen) atoms. The molecule has 0 saturated carbocycles. The summed E-state index contributed by atoms with van der Waals surface area (Å²) in [7, 11) is 0. The molecule has 0 aliphatic rings. The number of pyridine rings is 1. The van der Waals surface area contributed by atoms with Crippen molar-refractivity contribution in [1.82, 2.24) is 4.98 Å². The highest BCUT2D eigenvalue weighted by Gasteiger charge is 2.30. The number of hydrogen-bond donors (Lipinski definition) is 1. The van der Waals surface area contributed by atoms with Crippen LogP contribution in [0, 0.1) is 0 Å². The predicted octanol–water partition coefficient (Wildman–Crippen LogP) is 5.21. The topological polar surface area (TPSA) is 37.3 Å². The van der Waals surface area contributed by atoms with Gasteiger partial charge in [-0.15, -0.1) is 0 Å². The van der Waals surface area contributed by atoms with Gasteiger partial charge in [-0.25, -0.2) is 4.98 Å². The van der Waals surface area contributed by atoms with E-state index in [1.807, 2.05) is 54.6 Å². The number of anilines is 1. The minimum absolute atomic E-state index is 0.241. The molecule has 0 saturated heterocycles. The Morgan fingerprint density at radius 2 is 1.52 bits per heavy atom. The van der Waals surface area contributed by atoms with Crippen LogP contribution >= 0.6 is 0 Å². The van der Waals surface area contributed by atoms with E-state index in [4.69, 9.17) is 0 Å². The Bertz CT molecular complexity index is 840. The maximum Gasteiger partial charge on any atom is 0.417 e. The number of hydrogen-bond acceptors (Lipinski definition) is 3. The van der Waals surface area contributed by atoms with E-state index in [1.54, 1.807) is 6.21 Å². The van der Waals surface area contributed by atoms with Crippen molar-refractivity contribution in [3.05, 3.63) is 84.1 Å². The van der Waals surface area contributed by atoms with Gasteiger partial charge in [0.15, 0.2) is 0 Å². The van der Waals surface area contributed by atoms with Crippen molar-refractivity contribution < 1.29 is 13.2 Å². The molecular weight excluding hydrogens is 327 g/mol. The zero-order chi connectivity index (χ0) is 17.7. The SMILES string of the molecule is FC(F)(F)c1ccc(N/N=C\c2ccc(-c3ccccc3)cc2)nc1. The summed E-state index contributed by atoms with van der Waals surface area (Å²) in [6, 6.07) is 19.9. The van der Waals surface area contributed by atoms with Gasteiger partial charge in [-0.3, -0.25) is 5.43 Å². The van der Waals surface area contributed by atoms with Crippen molar-refractivity contribution in [3.63, 3.8) is 0 Å². The molecule has 126 valence electrons. The first-order valence-corrected chi connectivity index (χ1v) is 7.50. The van der Waals surface area contributed by atoms with Crippen molar-refractivity contribution in [1.29, 1.82) is 0 Å². The van der Waals surface area contributed by atoms with E-state index in [0.717, 1.165) is 29.0 Å². The van der Waals surface area contributed by atoms with Gasteiger partial charge in [0.25, 0.3) is 0 Å². The van der Waals surface area contributed by atoms with Crippen LogP contribution in [-0.4, -0.2) is 11.2 Å². The number of nitrogens with zero attached hydrogens (tertiary/aromatic N) is 2. The van der Waals surface area contributed by atoms with Gasteiger partial charge >= 0.3 is 6.18 Å². The van der Waals surface area contributed by atoms with Crippen LogP contribution in [0.15, 0.2) is 78.0 Å². The van der Waals surface area contributed by atoms with E-state index in [0.29, 0.717) is 0 Å². The van der Waals surface area contributed by atoms with Gasteiger partial charge in [0.1, 0.15) is 5.82 Å². The van der Waals surface area contributed by atoms with Crippen LogP contribution in [0.4, 0.5) is 19.0 Å².